The number of likely N-dealkylation sites (tertiary alicyclic amines) is 1. The molecule has 0 unspecified atom stereocenters. The maximum atomic E-state index is 13.3. The van der Waals surface area contributed by atoms with Gasteiger partial charge in [0.15, 0.2) is 0 Å². The van der Waals surface area contributed by atoms with Crippen LogP contribution in [0, 0.1) is 0 Å². The summed E-state index contributed by atoms with van der Waals surface area (Å²) in [5.41, 5.74) is 11.9. The first kappa shape index (κ1) is 27.8. The molecule has 1 aliphatic rings. The van der Waals surface area contributed by atoms with Crippen LogP contribution in [-0.2, 0) is 22.5 Å². The first-order chi connectivity index (χ1) is 19.6. The number of nitrogens with two attached hydrogens (primary N) is 1. The van der Waals surface area contributed by atoms with E-state index < -0.39 is 0 Å². The maximum absolute atomic E-state index is 13.3. The molecule has 2 aromatic carbocycles. The number of para-hydroxylation sites is 2. The quantitative estimate of drug-likeness (QED) is 0.274. The Morgan fingerprint density at radius 2 is 1.88 bits per heavy atom. The second-order valence-corrected chi connectivity index (χ2v) is 10.6. The Morgan fingerprint density at radius 3 is 2.62 bits per heavy atom. The lowest BCUT2D eigenvalue weighted by molar-refractivity contribution is -0.132. The summed E-state index contributed by atoms with van der Waals surface area (Å²) in [4.78, 5) is 24.6. The van der Waals surface area contributed by atoms with Gasteiger partial charge in [0, 0.05) is 69.6 Å². The van der Waals surface area contributed by atoms with Crippen molar-refractivity contribution in [2.75, 3.05) is 33.9 Å². The van der Waals surface area contributed by atoms with Crippen LogP contribution in [0.3, 0.4) is 0 Å². The number of imidazole rings is 1. The zero-order valence-electron chi connectivity index (χ0n) is 23.5. The molecule has 8 nitrogen and oxygen atoms in total. The number of amides is 1. The summed E-state index contributed by atoms with van der Waals surface area (Å²) in [5.74, 6) is 2.01. The number of hydrogen-bond acceptors (Lipinski definition) is 6. The van der Waals surface area contributed by atoms with Crippen molar-refractivity contribution in [3.8, 4) is 17.0 Å². The topological polar surface area (TPSA) is 95.5 Å². The second kappa shape index (κ2) is 13.1. The minimum atomic E-state index is -0.236. The Labute approximate surface area is 236 Å². The fourth-order valence-electron chi connectivity index (χ4n) is 5.66. The van der Waals surface area contributed by atoms with Crippen LogP contribution >= 0.6 is 0 Å². The molecule has 0 spiro atoms. The molecule has 8 heteroatoms. The van der Waals surface area contributed by atoms with Crippen molar-refractivity contribution in [3.05, 3.63) is 78.2 Å². The molecule has 1 fully saturated rings. The molecule has 40 heavy (non-hydrogen) atoms. The summed E-state index contributed by atoms with van der Waals surface area (Å²) in [7, 11) is 3.34. The van der Waals surface area contributed by atoms with Crippen molar-refractivity contribution in [2.45, 2.75) is 50.6 Å². The van der Waals surface area contributed by atoms with Gasteiger partial charge in [0.2, 0.25) is 11.8 Å². The average Bonchev–Trinajstić information content (AvgIpc) is 3.36. The molecule has 0 saturated carbocycles. The summed E-state index contributed by atoms with van der Waals surface area (Å²) in [5, 5.41) is 0. The van der Waals surface area contributed by atoms with Crippen LogP contribution < -0.4 is 10.5 Å². The number of piperidine rings is 1. The molecule has 2 aromatic heterocycles. The fourth-order valence-corrected chi connectivity index (χ4v) is 5.66. The molecule has 4 aromatic rings. The number of ether oxygens (including phenoxy) is 2. The maximum Gasteiger partial charge on any atom is 0.224 e. The summed E-state index contributed by atoms with van der Waals surface area (Å²) in [6.07, 6.45) is 5.71. The van der Waals surface area contributed by atoms with E-state index in [2.05, 4.69) is 52.0 Å². The van der Waals surface area contributed by atoms with E-state index in [-0.39, 0.29) is 17.9 Å². The number of benzene rings is 2. The first-order valence-corrected chi connectivity index (χ1v) is 14.1. The standard InChI is InChI=1S/C32H39N5O3/c1-39-18-6-17-37-29-9-4-3-8-28(29)35-32(37)26-7-5-16-36(22-26)31(38)20-27(33)19-23-10-12-24(13-11-23)25-14-15-30(40-2)34-21-25/h3-4,8-15,21,26-27H,5-7,16-20,22,33H2,1-2H3/t26-,27-/m1/s1. The lowest BCUT2D eigenvalue weighted by Crippen LogP contribution is -2.42. The van der Waals surface area contributed by atoms with Gasteiger partial charge in [-0.2, -0.15) is 0 Å². The van der Waals surface area contributed by atoms with Crippen LogP contribution in [0.25, 0.3) is 22.2 Å². The molecule has 2 atom stereocenters. The second-order valence-electron chi connectivity index (χ2n) is 10.6. The van der Waals surface area contributed by atoms with E-state index in [1.807, 2.05) is 23.1 Å². The van der Waals surface area contributed by atoms with Gasteiger partial charge >= 0.3 is 0 Å². The number of carbonyl (C=O) groups is 1. The smallest absolute Gasteiger partial charge is 0.224 e. The molecule has 5 rings (SSSR count). The van der Waals surface area contributed by atoms with Crippen molar-refractivity contribution < 1.29 is 14.3 Å². The normalized spacial score (nSPS) is 16.3. The van der Waals surface area contributed by atoms with Crippen molar-refractivity contribution in [1.82, 2.24) is 19.4 Å². The van der Waals surface area contributed by atoms with E-state index in [1.165, 1.54) is 0 Å². The van der Waals surface area contributed by atoms with E-state index in [0.717, 1.165) is 65.9 Å². The van der Waals surface area contributed by atoms with Crippen LogP contribution in [0.15, 0.2) is 66.9 Å². The number of hydrogen-bond donors (Lipinski definition) is 1. The first-order valence-electron chi connectivity index (χ1n) is 14.1. The highest BCUT2D eigenvalue weighted by atomic mass is 16.5. The van der Waals surface area contributed by atoms with Crippen LogP contribution in [0.1, 0.15) is 43.0 Å². The minimum absolute atomic E-state index is 0.125. The molecule has 1 saturated heterocycles. The van der Waals surface area contributed by atoms with Gasteiger partial charge in [0.25, 0.3) is 0 Å². The third-order valence-electron chi connectivity index (χ3n) is 7.72. The van der Waals surface area contributed by atoms with Gasteiger partial charge in [-0.05, 0) is 55.0 Å². The summed E-state index contributed by atoms with van der Waals surface area (Å²) < 4.78 is 12.8. The van der Waals surface area contributed by atoms with Crippen LogP contribution in [0.5, 0.6) is 5.88 Å². The lowest BCUT2D eigenvalue weighted by atomic mass is 9.95. The Hall–Kier alpha value is -3.75. The zero-order chi connectivity index (χ0) is 27.9. The third kappa shape index (κ3) is 6.51. The molecular formula is C32H39N5O3. The van der Waals surface area contributed by atoms with Gasteiger partial charge in [-0.1, -0.05) is 36.4 Å². The van der Waals surface area contributed by atoms with Gasteiger partial charge in [0.1, 0.15) is 5.82 Å². The molecule has 2 N–H and O–H groups in total. The Bertz CT molecular complexity index is 1400. The highest BCUT2D eigenvalue weighted by Crippen LogP contribution is 2.30. The molecule has 210 valence electrons. The van der Waals surface area contributed by atoms with Crippen molar-refractivity contribution in [3.63, 3.8) is 0 Å². The Kier molecular flexibility index (Phi) is 9.08. The number of pyridine rings is 1. The van der Waals surface area contributed by atoms with Gasteiger partial charge in [-0.3, -0.25) is 4.79 Å². The van der Waals surface area contributed by atoms with Crippen LogP contribution in [0.2, 0.25) is 0 Å². The third-order valence-corrected chi connectivity index (χ3v) is 7.72. The Morgan fingerprint density at radius 1 is 1.07 bits per heavy atom. The van der Waals surface area contributed by atoms with Gasteiger partial charge in [0.05, 0.1) is 18.1 Å². The summed E-state index contributed by atoms with van der Waals surface area (Å²) >= 11 is 0. The molecule has 0 aliphatic carbocycles. The van der Waals surface area contributed by atoms with E-state index in [1.54, 1.807) is 20.4 Å². The van der Waals surface area contributed by atoms with E-state index in [0.29, 0.717) is 31.9 Å². The van der Waals surface area contributed by atoms with E-state index in [9.17, 15) is 4.79 Å². The predicted octanol–water partition coefficient (Wildman–Crippen LogP) is 4.81. The number of aryl methyl sites for hydroxylation is 1. The van der Waals surface area contributed by atoms with E-state index in [4.69, 9.17) is 20.2 Å². The van der Waals surface area contributed by atoms with E-state index >= 15 is 0 Å². The average molecular weight is 542 g/mol. The Balaban J connectivity index is 1.20. The number of carbonyl (C=O) groups excluding carboxylic acids is 1. The highest BCUT2D eigenvalue weighted by Gasteiger charge is 2.29. The molecule has 0 radical (unpaired) electrons. The number of rotatable bonds is 11. The summed E-state index contributed by atoms with van der Waals surface area (Å²) in [6.45, 7) is 3.02. The van der Waals surface area contributed by atoms with Gasteiger partial charge in [-0.25, -0.2) is 9.97 Å². The van der Waals surface area contributed by atoms with Crippen LogP contribution in [-0.4, -0.2) is 65.3 Å². The van der Waals surface area contributed by atoms with Crippen molar-refractivity contribution >= 4 is 16.9 Å². The lowest BCUT2D eigenvalue weighted by Gasteiger charge is -2.33. The monoisotopic (exact) mass is 541 g/mol. The largest absolute Gasteiger partial charge is 0.481 e. The molecule has 1 aliphatic heterocycles. The SMILES string of the molecule is COCCCn1c([C@@H]2CCCN(C(=O)C[C@H](N)Cc3ccc(-c4ccc(OC)nc4)cc3)C2)nc2ccccc21. The number of methoxy groups -OCH3 is 2. The van der Waals surface area contributed by atoms with Gasteiger partial charge < -0.3 is 24.7 Å². The highest BCUT2D eigenvalue weighted by molar-refractivity contribution is 5.78. The molecular weight excluding hydrogens is 502 g/mol. The fraction of sp³-hybridized carbons (Fsp3) is 0.406. The number of nitrogens with zero attached hydrogens (tertiary/aromatic N) is 4. The van der Waals surface area contributed by atoms with Crippen molar-refractivity contribution in [2.24, 2.45) is 5.73 Å². The van der Waals surface area contributed by atoms with Crippen molar-refractivity contribution in [1.29, 1.82) is 0 Å². The molecule has 3 heterocycles. The van der Waals surface area contributed by atoms with Gasteiger partial charge in [-0.15, -0.1) is 0 Å². The predicted molar refractivity (Wildman–Crippen MR) is 157 cm³/mol. The minimum Gasteiger partial charge on any atom is -0.481 e. The molecule has 0 bridgehead atoms. The number of fused-ring (bicyclic) bond motifs is 1. The van der Waals surface area contributed by atoms with Crippen LogP contribution in [0.4, 0.5) is 0 Å². The number of aromatic nitrogens is 3. The summed E-state index contributed by atoms with van der Waals surface area (Å²) in [6, 6.07) is 20.2. The zero-order valence-corrected chi connectivity index (χ0v) is 23.5. The molecule has 1 amide bonds.